The summed E-state index contributed by atoms with van der Waals surface area (Å²) >= 11 is 1.45. The molecule has 0 fully saturated rings. The van der Waals surface area contributed by atoms with Crippen LogP contribution in [0.3, 0.4) is 0 Å². The SMILES string of the molecule is C[Si](C)=[Hf+2].Cc1cc(C)c(C)[cH-]1.Cc1cc(C)c(C)[cH-]1. The fourth-order valence-electron chi connectivity index (χ4n) is 1.90. The van der Waals surface area contributed by atoms with Gasteiger partial charge in [0.25, 0.3) is 0 Å². The fraction of sp³-hybridized carbons (Fsp3) is 0.444. The summed E-state index contributed by atoms with van der Waals surface area (Å²) in [7, 11) is 0. The predicted molar refractivity (Wildman–Crippen MR) is 90.0 cm³/mol. The van der Waals surface area contributed by atoms with Crippen LogP contribution in [0.2, 0.25) is 13.1 Å². The molecule has 0 aliphatic carbocycles. The van der Waals surface area contributed by atoms with E-state index in [0.717, 1.165) is 0 Å². The van der Waals surface area contributed by atoms with Gasteiger partial charge in [-0.05, 0) is 0 Å². The summed E-state index contributed by atoms with van der Waals surface area (Å²) in [4.78, 5) is 0. The van der Waals surface area contributed by atoms with Gasteiger partial charge in [-0.3, -0.25) is 0 Å². The Morgan fingerprint density at radius 1 is 0.750 bits per heavy atom. The van der Waals surface area contributed by atoms with Crippen LogP contribution in [0.25, 0.3) is 0 Å². The molecular weight excluding hydrogens is 423 g/mol. The molecule has 0 amide bonds. The van der Waals surface area contributed by atoms with Gasteiger partial charge in [-0.1, -0.05) is 41.5 Å². The van der Waals surface area contributed by atoms with E-state index in [1.807, 2.05) is 0 Å². The van der Waals surface area contributed by atoms with E-state index in [-0.39, 0.29) is 5.49 Å². The van der Waals surface area contributed by atoms with E-state index in [9.17, 15) is 0 Å². The molecule has 0 radical (unpaired) electrons. The second-order valence-electron chi connectivity index (χ2n) is 5.80. The largest absolute Gasteiger partial charge is 0.208 e. The van der Waals surface area contributed by atoms with Gasteiger partial charge in [-0.15, -0.1) is 0 Å². The molecular formula is C18H28HfSi. The van der Waals surface area contributed by atoms with Crippen molar-refractivity contribution in [3.05, 3.63) is 57.6 Å². The maximum absolute atomic E-state index is 2.33. The zero-order valence-corrected chi connectivity index (χ0v) is 18.9. The van der Waals surface area contributed by atoms with E-state index in [0.29, 0.717) is 0 Å². The van der Waals surface area contributed by atoms with Crippen molar-refractivity contribution in [2.45, 2.75) is 54.6 Å². The van der Waals surface area contributed by atoms with E-state index >= 15 is 0 Å². The second-order valence-corrected chi connectivity index (χ2v) is 18.6. The van der Waals surface area contributed by atoms with Crippen LogP contribution in [0, 0.1) is 41.5 Å². The molecule has 20 heavy (non-hydrogen) atoms. The molecule has 0 unspecified atom stereocenters. The zero-order valence-electron chi connectivity index (χ0n) is 14.3. The minimum absolute atomic E-state index is 0.259. The van der Waals surface area contributed by atoms with Crippen LogP contribution in [-0.4, -0.2) is 5.49 Å². The Kier molecular flexibility index (Phi) is 9.57. The van der Waals surface area contributed by atoms with Crippen LogP contribution >= 0.6 is 0 Å². The number of hydrogen-bond acceptors (Lipinski definition) is 0. The van der Waals surface area contributed by atoms with E-state index in [1.54, 1.807) is 0 Å². The summed E-state index contributed by atoms with van der Waals surface area (Å²) in [5.41, 5.74) is 8.63. The second kappa shape index (κ2) is 9.67. The molecule has 0 atom stereocenters. The maximum atomic E-state index is 2.33. The van der Waals surface area contributed by atoms with Crippen LogP contribution in [-0.2, 0) is 23.0 Å². The molecule has 0 saturated heterocycles. The van der Waals surface area contributed by atoms with Crippen LogP contribution in [0.5, 0.6) is 0 Å². The van der Waals surface area contributed by atoms with Gasteiger partial charge in [0, 0.05) is 0 Å². The third-order valence-electron chi connectivity index (χ3n) is 3.02. The molecule has 0 N–H and O–H groups in total. The Labute approximate surface area is 140 Å². The molecule has 2 rings (SSSR count). The quantitative estimate of drug-likeness (QED) is 0.370. The van der Waals surface area contributed by atoms with Gasteiger partial charge >= 0.3 is 41.6 Å². The fourth-order valence-corrected chi connectivity index (χ4v) is 1.90. The Morgan fingerprint density at radius 3 is 1.05 bits per heavy atom. The first-order valence-electron chi connectivity index (χ1n) is 7.06. The number of hydrogen-bond donors (Lipinski definition) is 0. The van der Waals surface area contributed by atoms with Crippen LogP contribution in [0.4, 0.5) is 0 Å². The van der Waals surface area contributed by atoms with Crippen molar-refractivity contribution in [2.75, 3.05) is 0 Å². The number of rotatable bonds is 0. The third kappa shape index (κ3) is 8.86. The molecule has 2 aromatic rings. The molecule has 0 aliphatic heterocycles. The first kappa shape index (κ1) is 19.8. The standard InChI is InChI=1S/2C8H11.C2H6Si.Hf/c2*1-6-4-7(2)8(3)5-6;1-3-2;/h2*4-5H,1-3H3;1-2H3;/q2*-1;;+2. The van der Waals surface area contributed by atoms with E-state index in [4.69, 9.17) is 0 Å². The molecule has 0 heterocycles. The van der Waals surface area contributed by atoms with Crippen LogP contribution in [0.1, 0.15) is 33.4 Å². The summed E-state index contributed by atoms with van der Waals surface area (Å²) < 4.78 is 0. The molecule has 108 valence electrons. The average molecular weight is 451 g/mol. The Bertz CT molecular complexity index is 457. The van der Waals surface area contributed by atoms with Gasteiger partial charge < -0.3 is 0 Å². The van der Waals surface area contributed by atoms with Gasteiger partial charge in [0.1, 0.15) is 0 Å². The Morgan fingerprint density at radius 2 is 1.00 bits per heavy atom. The van der Waals surface area contributed by atoms with Gasteiger partial charge in [0.15, 0.2) is 0 Å². The van der Waals surface area contributed by atoms with Gasteiger partial charge in [-0.25, -0.2) is 12.1 Å². The smallest absolute Gasteiger partial charge is 0.0632 e. The van der Waals surface area contributed by atoms with Gasteiger partial charge in [-0.2, -0.15) is 45.5 Å². The van der Waals surface area contributed by atoms with Gasteiger partial charge in [0.2, 0.25) is 0 Å². The Balaban J connectivity index is 0.000000289. The molecule has 0 aliphatic rings. The maximum Gasteiger partial charge on any atom is -0.0632 e. The van der Waals surface area contributed by atoms with Crippen molar-refractivity contribution in [1.82, 2.24) is 0 Å². The van der Waals surface area contributed by atoms with Crippen LogP contribution in [0.15, 0.2) is 24.3 Å². The Hall–Kier alpha value is -0.213. The molecule has 2 heteroatoms. The van der Waals surface area contributed by atoms with Crippen molar-refractivity contribution in [1.29, 1.82) is 0 Å². The molecule has 0 nitrogen and oxygen atoms in total. The normalized spacial score (nSPS) is 9.30. The van der Waals surface area contributed by atoms with E-state index < -0.39 is 0 Å². The minimum Gasteiger partial charge on any atom is -0.208 e. The molecule has 0 aromatic heterocycles. The molecule has 2 aromatic carbocycles. The summed E-state index contributed by atoms with van der Waals surface area (Å²) in [6.45, 7) is 17.5. The van der Waals surface area contributed by atoms with Crippen molar-refractivity contribution in [2.24, 2.45) is 0 Å². The summed E-state index contributed by atoms with van der Waals surface area (Å²) in [5, 5.41) is 0. The molecule has 0 spiro atoms. The first-order valence-corrected chi connectivity index (χ1v) is 14.9. The van der Waals surface area contributed by atoms with Crippen molar-refractivity contribution in [3.63, 3.8) is 0 Å². The van der Waals surface area contributed by atoms with Crippen molar-refractivity contribution >= 4 is 5.49 Å². The summed E-state index contributed by atoms with van der Waals surface area (Å²) in [6, 6.07) is 8.81. The van der Waals surface area contributed by atoms with E-state index in [2.05, 4.69) is 78.9 Å². The topological polar surface area (TPSA) is 0 Å². The average Bonchev–Trinajstić information content (AvgIpc) is 2.70. The zero-order chi connectivity index (χ0) is 15.9. The first-order chi connectivity index (χ1) is 9.13. The van der Waals surface area contributed by atoms with Crippen molar-refractivity contribution < 1.29 is 23.0 Å². The minimum atomic E-state index is 0.259. The predicted octanol–water partition coefficient (Wildman–Crippen LogP) is 5.45. The molecule has 0 saturated carbocycles. The van der Waals surface area contributed by atoms with Gasteiger partial charge in [0.05, 0.1) is 0 Å². The van der Waals surface area contributed by atoms with Crippen molar-refractivity contribution in [3.8, 4) is 0 Å². The monoisotopic (exact) mass is 452 g/mol. The summed E-state index contributed by atoms with van der Waals surface area (Å²) in [6.07, 6.45) is 0. The van der Waals surface area contributed by atoms with E-state index in [1.165, 1.54) is 56.4 Å². The van der Waals surface area contributed by atoms with Crippen LogP contribution < -0.4 is 0 Å². The number of aryl methyl sites for hydroxylation is 6. The summed E-state index contributed by atoms with van der Waals surface area (Å²) in [5.74, 6) is 0. The molecule has 0 bridgehead atoms. The third-order valence-corrected chi connectivity index (χ3v) is 3.02.